The zero-order valence-corrected chi connectivity index (χ0v) is 13.0. The third kappa shape index (κ3) is 3.69. The number of aromatic nitrogens is 4. The lowest BCUT2D eigenvalue weighted by atomic mass is 10.2. The number of hydrogen-bond donors (Lipinski definition) is 0. The zero-order valence-electron chi connectivity index (χ0n) is 12.2. The van der Waals surface area contributed by atoms with Crippen molar-refractivity contribution >= 4 is 29.5 Å². The van der Waals surface area contributed by atoms with Gasteiger partial charge in [0.25, 0.3) is 0 Å². The lowest BCUT2D eigenvalue weighted by Gasteiger charge is -2.25. The minimum Gasteiger partial charge on any atom is -0.443 e. The fourth-order valence-corrected chi connectivity index (χ4v) is 1.74. The van der Waals surface area contributed by atoms with Crippen molar-refractivity contribution in [2.24, 2.45) is 7.05 Å². The molecule has 1 amide bonds. The third-order valence-electron chi connectivity index (χ3n) is 2.41. The van der Waals surface area contributed by atoms with Crippen molar-refractivity contribution in [3.63, 3.8) is 0 Å². The lowest BCUT2D eigenvalue weighted by Crippen LogP contribution is -2.35. The predicted octanol–water partition coefficient (Wildman–Crippen LogP) is 2.94. The molecule has 0 saturated heterocycles. The van der Waals surface area contributed by atoms with Gasteiger partial charge in [0.15, 0.2) is 0 Å². The molecule has 2 aromatic rings. The smallest absolute Gasteiger partial charge is 0.423 e. The van der Waals surface area contributed by atoms with E-state index in [9.17, 15) is 4.79 Å². The Labute approximate surface area is 127 Å². The summed E-state index contributed by atoms with van der Waals surface area (Å²) < 4.78 is 6.92. The molecular formula is C13H16ClN5O2. The molecule has 2 rings (SSSR count). The number of carbonyl (C=O) groups excluding carboxylic acids is 1. The summed E-state index contributed by atoms with van der Waals surface area (Å²) in [5.74, 6) is 0.604. The van der Waals surface area contributed by atoms with E-state index in [-0.39, 0.29) is 11.1 Å². The Hall–Kier alpha value is -2.15. The Bertz CT molecular complexity index is 650. The maximum atomic E-state index is 12.5. The van der Waals surface area contributed by atoms with Gasteiger partial charge in [-0.15, -0.1) is 0 Å². The van der Waals surface area contributed by atoms with Gasteiger partial charge in [-0.25, -0.2) is 14.8 Å². The first-order valence-electron chi connectivity index (χ1n) is 6.27. The van der Waals surface area contributed by atoms with Crippen LogP contribution >= 0.6 is 11.6 Å². The number of carbonyl (C=O) groups is 1. The summed E-state index contributed by atoms with van der Waals surface area (Å²) in [6.07, 6.45) is 2.43. The molecule has 8 heteroatoms. The summed E-state index contributed by atoms with van der Waals surface area (Å²) in [6.45, 7) is 5.35. The number of anilines is 2. The van der Waals surface area contributed by atoms with Crippen LogP contribution < -0.4 is 4.90 Å². The van der Waals surface area contributed by atoms with Crippen LogP contribution in [-0.2, 0) is 11.8 Å². The quantitative estimate of drug-likeness (QED) is 0.797. The first-order chi connectivity index (χ1) is 9.78. The van der Waals surface area contributed by atoms with Gasteiger partial charge in [0, 0.05) is 19.3 Å². The van der Waals surface area contributed by atoms with E-state index in [1.165, 1.54) is 21.8 Å². The van der Waals surface area contributed by atoms with Gasteiger partial charge < -0.3 is 4.74 Å². The summed E-state index contributed by atoms with van der Waals surface area (Å²) in [7, 11) is 1.71. The Balaban J connectivity index is 2.45. The van der Waals surface area contributed by atoms with Gasteiger partial charge in [-0.05, 0) is 26.8 Å². The highest BCUT2D eigenvalue weighted by atomic mass is 35.5. The van der Waals surface area contributed by atoms with Crippen LogP contribution in [0.1, 0.15) is 20.8 Å². The Kier molecular flexibility index (Phi) is 4.13. The molecule has 0 atom stereocenters. The van der Waals surface area contributed by atoms with Crippen LogP contribution in [-0.4, -0.2) is 31.4 Å². The van der Waals surface area contributed by atoms with Crippen molar-refractivity contribution in [3.8, 4) is 0 Å². The van der Waals surface area contributed by atoms with E-state index in [0.717, 1.165) is 0 Å². The standard InChI is InChI=1S/C13H16ClN5O2/c1-13(2,3)21-12(20)19(10-6-8-16-18(10)4)11-15-7-5-9(14)17-11/h5-8H,1-4H3. The molecule has 0 aliphatic rings. The molecule has 2 heterocycles. The van der Waals surface area contributed by atoms with Gasteiger partial charge in [-0.1, -0.05) is 11.6 Å². The number of nitrogens with zero attached hydrogens (tertiary/aromatic N) is 5. The molecule has 112 valence electrons. The number of halogens is 1. The predicted molar refractivity (Wildman–Crippen MR) is 78.6 cm³/mol. The maximum Gasteiger partial charge on any atom is 0.423 e. The summed E-state index contributed by atoms with van der Waals surface area (Å²) in [6, 6.07) is 3.19. The van der Waals surface area contributed by atoms with Crippen LogP contribution in [0.5, 0.6) is 0 Å². The van der Waals surface area contributed by atoms with E-state index in [4.69, 9.17) is 16.3 Å². The molecule has 0 aliphatic heterocycles. The second-order valence-electron chi connectivity index (χ2n) is 5.31. The second-order valence-corrected chi connectivity index (χ2v) is 5.70. The molecule has 0 fully saturated rings. The number of aryl methyl sites for hydroxylation is 1. The minimum atomic E-state index is -0.646. The molecule has 7 nitrogen and oxygen atoms in total. The molecular weight excluding hydrogens is 294 g/mol. The van der Waals surface area contributed by atoms with Crippen LogP contribution in [0.2, 0.25) is 5.15 Å². The van der Waals surface area contributed by atoms with E-state index in [1.54, 1.807) is 40.1 Å². The summed E-state index contributed by atoms with van der Waals surface area (Å²) in [4.78, 5) is 21.8. The molecule has 0 spiro atoms. The van der Waals surface area contributed by atoms with Crippen molar-refractivity contribution < 1.29 is 9.53 Å². The molecule has 21 heavy (non-hydrogen) atoms. The highest BCUT2D eigenvalue weighted by molar-refractivity contribution is 6.29. The molecule has 0 N–H and O–H groups in total. The van der Waals surface area contributed by atoms with E-state index in [2.05, 4.69) is 15.1 Å². The number of rotatable bonds is 2. The van der Waals surface area contributed by atoms with Crippen molar-refractivity contribution in [3.05, 3.63) is 29.7 Å². The molecule has 0 aliphatic carbocycles. The van der Waals surface area contributed by atoms with Gasteiger partial charge in [0.2, 0.25) is 5.95 Å². The normalized spacial score (nSPS) is 11.3. The van der Waals surface area contributed by atoms with Crippen LogP contribution in [0.15, 0.2) is 24.5 Å². The van der Waals surface area contributed by atoms with Gasteiger partial charge >= 0.3 is 6.09 Å². The Morgan fingerprint density at radius 3 is 2.57 bits per heavy atom. The summed E-state index contributed by atoms with van der Waals surface area (Å²) >= 11 is 5.88. The average Bonchev–Trinajstić information content (AvgIpc) is 2.74. The first-order valence-corrected chi connectivity index (χ1v) is 6.65. The molecule has 0 aromatic carbocycles. The van der Waals surface area contributed by atoms with Crippen molar-refractivity contribution in [2.45, 2.75) is 26.4 Å². The van der Waals surface area contributed by atoms with E-state index < -0.39 is 11.7 Å². The molecule has 0 saturated carbocycles. The lowest BCUT2D eigenvalue weighted by molar-refractivity contribution is 0.0595. The molecule has 0 radical (unpaired) electrons. The average molecular weight is 310 g/mol. The molecule has 0 bridgehead atoms. The molecule has 0 unspecified atom stereocenters. The Morgan fingerprint density at radius 1 is 1.33 bits per heavy atom. The van der Waals surface area contributed by atoms with Gasteiger partial charge in [-0.2, -0.15) is 10.00 Å². The monoisotopic (exact) mass is 309 g/mol. The van der Waals surface area contributed by atoms with Gasteiger partial charge in [0.05, 0.1) is 6.20 Å². The van der Waals surface area contributed by atoms with Crippen LogP contribution in [0.25, 0.3) is 0 Å². The minimum absolute atomic E-state index is 0.125. The zero-order chi connectivity index (χ0) is 15.6. The number of amides is 1. The van der Waals surface area contributed by atoms with E-state index >= 15 is 0 Å². The highest BCUT2D eigenvalue weighted by Crippen LogP contribution is 2.24. The first kappa shape index (κ1) is 15.2. The van der Waals surface area contributed by atoms with Gasteiger partial charge in [-0.3, -0.25) is 4.68 Å². The van der Waals surface area contributed by atoms with Gasteiger partial charge in [0.1, 0.15) is 16.6 Å². The Morgan fingerprint density at radius 2 is 2.05 bits per heavy atom. The topological polar surface area (TPSA) is 73.1 Å². The fraction of sp³-hybridized carbons (Fsp3) is 0.385. The third-order valence-corrected chi connectivity index (χ3v) is 2.62. The van der Waals surface area contributed by atoms with Crippen LogP contribution in [0.3, 0.4) is 0 Å². The van der Waals surface area contributed by atoms with Crippen molar-refractivity contribution in [1.29, 1.82) is 0 Å². The largest absolute Gasteiger partial charge is 0.443 e. The highest BCUT2D eigenvalue weighted by Gasteiger charge is 2.28. The maximum absolute atomic E-state index is 12.5. The van der Waals surface area contributed by atoms with Crippen molar-refractivity contribution in [1.82, 2.24) is 19.7 Å². The van der Waals surface area contributed by atoms with Crippen molar-refractivity contribution in [2.75, 3.05) is 4.90 Å². The molecule has 2 aromatic heterocycles. The number of hydrogen-bond acceptors (Lipinski definition) is 5. The number of ether oxygens (including phenoxy) is 1. The summed E-state index contributed by atoms with van der Waals surface area (Å²) in [5.41, 5.74) is -0.646. The van der Waals surface area contributed by atoms with E-state index in [1.807, 2.05) is 0 Å². The van der Waals surface area contributed by atoms with Crippen LogP contribution in [0.4, 0.5) is 16.6 Å². The summed E-state index contributed by atoms with van der Waals surface area (Å²) in [5, 5.41) is 4.28. The second kappa shape index (κ2) is 5.69. The van der Waals surface area contributed by atoms with Crippen LogP contribution in [0, 0.1) is 0 Å². The van der Waals surface area contributed by atoms with E-state index in [0.29, 0.717) is 5.82 Å². The SMILES string of the molecule is Cn1nccc1N(C(=O)OC(C)(C)C)c1nccc(Cl)n1. The fourth-order valence-electron chi connectivity index (χ4n) is 1.61.